The van der Waals surface area contributed by atoms with E-state index >= 15 is 0 Å². The van der Waals surface area contributed by atoms with Gasteiger partial charge in [0.15, 0.2) is 0 Å². The second-order valence-electron chi connectivity index (χ2n) is 7.01. The first-order valence-corrected chi connectivity index (χ1v) is 9.36. The molecule has 3 aromatic heterocycles. The maximum atomic E-state index is 9.22. The van der Waals surface area contributed by atoms with Crippen LogP contribution in [0.3, 0.4) is 0 Å². The summed E-state index contributed by atoms with van der Waals surface area (Å²) in [5, 5.41) is 18.3. The summed E-state index contributed by atoms with van der Waals surface area (Å²) in [6, 6.07) is 12.7. The standard InChI is InChI=1S/C22H18N6/c23-13-15-1-3-17(4-2-15)21-19-9-10-24-22(19)25-14-20(21)16-5-7-18(8-6-16)28-12-11-26-27-28/h3,5-12,14-15H,1-2,4H2,(H,24,25). The molecule has 5 rings (SSSR count). The lowest BCUT2D eigenvalue weighted by molar-refractivity contribution is 0.605. The summed E-state index contributed by atoms with van der Waals surface area (Å²) in [6.07, 6.45) is 12.2. The van der Waals surface area contributed by atoms with E-state index in [2.05, 4.69) is 50.6 Å². The molecule has 0 amide bonds. The molecule has 1 aliphatic rings. The Kier molecular flexibility index (Phi) is 3.99. The van der Waals surface area contributed by atoms with Gasteiger partial charge in [-0.3, -0.25) is 0 Å². The van der Waals surface area contributed by atoms with E-state index in [1.165, 1.54) is 11.1 Å². The highest BCUT2D eigenvalue weighted by molar-refractivity contribution is 5.97. The van der Waals surface area contributed by atoms with Crippen LogP contribution in [0.5, 0.6) is 0 Å². The predicted octanol–water partition coefficient (Wildman–Crippen LogP) is 4.52. The molecule has 6 heteroatoms. The van der Waals surface area contributed by atoms with E-state index in [4.69, 9.17) is 0 Å². The second kappa shape index (κ2) is 6.78. The molecule has 1 N–H and O–H groups in total. The first kappa shape index (κ1) is 16.5. The Labute approximate surface area is 162 Å². The topological polar surface area (TPSA) is 83.2 Å². The van der Waals surface area contributed by atoms with Crippen molar-refractivity contribution in [2.45, 2.75) is 19.3 Å². The molecule has 0 fully saturated rings. The average molecular weight is 366 g/mol. The Morgan fingerprint density at radius 3 is 2.79 bits per heavy atom. The minimum absolute atomic E-state index is 0.123. The number of nitrogens with zero attached hydrogens (tertiary/aromatic N) is 5. The van der Waals surface area contributed by atoms with Crippen LogP contribution in [-0.2, 0) is 0 Å². The van der Waals surface area contributed by atoms with Crippen molar-refractivity contribution in [3.63, 3.8) is 0 Å². The molecule has 0 bridgehead atoms. The number of pyridine rings is 1. The maximum Gasteiger partial charge on any atom is 0.137 e. The van der Waals surface area contributed by atoms with Crippen LogP contribution in [0, 0.1) is 17.2 Å². The maximum absolute atomic E-state index is 9.22. The van der Waals surface area contributed by atoms with Crippen LogP contribution in [0.2, 0.25) is 0 Å². The molecule has 1 aromatic carbocycles. The second-order valence-corrected chi connectivity index (χ2v) is 7.01. The molecule has 4 aromatic rings. The Balaban J connectivity index is 1.62. The molecule has 1 atom stereocenters. The first-order chi connectivity index (χ1) is 13.8. The summed E-state index contributed by atoms with van der Waals surface area (Å²) in [6.45, 7) is 0. The van der Waals surface area contributed by atoms with E-state index in [1.807, 2.05) is 30.7 Å². The Morgan fingerprint density at radius 1 is 1.18 bits per heavy atom. The van der Waals surface area contributed by atoms with Gasteiger partial charge >= 0.3 is 0 Å². The van der Waals surface area contributed by atoms with Crippen LogP contribution in [0.1, 0.15) is 24.8 Å². The van der Waals surface area contributed by atoms with Gasteiger partial charge in [0.1, 0.15) is 5.65 Å². The highest BCUT2D eigenvalue weighted by Gasteiger charge is 2.20. The molecule has 1 aliphatic carbocycles. The van der Waals surface area contributed by atoms with Gasteiger partial charge < -0.3 is 4.98 Å². The van der Waals surface area contributed by atoms with Gasteiger partial charge in [-0.2, -0.15) is 5.26 Å². The molecule has 0 spiro atoms. The van der Waals surface area contributed by atoms with Crippen LogP contribution in [-0.4, -0.2) is 25.0 Å². The number of rotatable bonds is 3. The van der Waals surface area contributed by atoms with Gasteiger partial charge in [-0.05, 0) is 54.2 Å². The smallest absolute Gasteiger partial charge is 0.137 e. The van der Waals surface area contributed by atoms with Crippen molar-refractivity contribution in [3.8, 4) is 22.9 Å². The van der Waals surface area contributed by atoms with Crippen molar-refractivity contribution in [3.05, 3.63) is 66.8 Å². The molecule has 0 radical (unpaired) electrons. The quantitative estimate of drug-likeness (QED) is 0.578. The molecule has 6 nitrogen and oxygen atoms in total. The molecule has 0 saturated carbocycles. The van der Waals surface area contributed by atoms with Gasteiger partial charge in [0.2, 0.25) is 0 Å². The predicted molar refractivity (Wildman–Crippen MR) is 107 cm³/mol. The van der Waals surface area contributed by atoms with Gasteiger partial charge in [0.05, 0.1) is 30.1 Å². The van der Waals surface area contributed by atoms with Crippen LogP contribution in [0.4, 0.5) is 0 Å². The Morgan fingerprint density at radius 2 is 2.07 bits per heavy atom. The molecule has 3 heterocycles. The van der Waals surface area contributed by atoms with E-state index in [0.29, 0.717) is 0 Å². The fourth-order valence-corrected chi connectivity index (χ4v) is 3.89. The number of nitriles is 1. The Bertz CT molecular complexity index is 1190. The van der Waals surface area contributed by atoms with Gasteiger partial charge in [0, 0.05) is 23.3 Å². The van der Waals surface area contributed by atoms with Crippen LogP contribution >= 0.6 is 0 Å². The molecule has 136 valence electrons. The highest BCUT2D eigenvalue weighted by Crippen LogP contribution is 2.39. The number of benzene rings is 1. The fraction of sp³-hybridized carbons (Fsp3) is 0.182. The third-order valence-corrected chi connectivity index (χ3v) is 5.37. The van der Waals surface area contributed by atoms with E-state index in [0.717, 1.165) is 47.1 Å². The SMILES string of the molecule is N#CC1CC=C(c2c(-c3ccc(-n4ccnn4)cc3)cnc3[nH]ccc23)CC1. The number of fused-ring (bicyclic) bond motifs is 1. The summed E-state index contributed by atoms with van der Waals surface area (Å²) < 4.78 is 1.74. The zero-order chi connectivity index (χ0) is 18.9. The third-order valence-electron chi connectivity index (χ3n) is 5.37. The largest absolute Gasteiger partial charge is 0.346 e. The van der Waals surface area contributed by atoms with Gasteiger partial charge in [-0.15, -0.1) is 5.10 Å². The van der Waals surface area contributed by atoms with Crippen LogP contribution < -0.4 is 0 Å². The van der Waals surface area contributed by atoms with Crippen molar-refractivity contribution >= 4 is 16.6 Å². The third kappa shape index (κ3) is 2.78. The summed E-state index contributed by atoms with van der Waals surface area (Å²) in [7, 11) is 0. The van der Waals surface area contributed by atoms with Crippen molar-refractivity contribution < 1.29 is 0 Å². The zero-order valence-corrected chi connectivity index (χ0v) is 15.2. The zero-order valence-electron chi connectivity index (χ0n) is 15.2. The number of aromatic amines is 1. The summed E-state index contributed by atoms with van der Waals surface area (Å²) in [4.78, 5) is 7.83. The number of aromatic nitrogens is 5. The number of H-pyrrole nitrogens is 1. The van der Waals surface area contributed by atoms with E-state index in [1.54, 1.807) is 10.9 Å². The average Bonchev–Trinajstić information content (AvgIpc) is 3.45. The molecule has 0 saturated heterocycles. The van der Waals surface area contributed by atoms with E-state index < -0.39 is 0 Å². The van der Waals surface area contributed by atoms with Crippen molar-refractivity contribution in [2.75, 3.05) is 0 Å². The number of hydrogen-bond donors (Lipinski definition) is 1. The van der Waals surface area contributed by atoms with Gasteiger partial charge in [-0.25, -0.2) is 9.67 Å². The summed E-state index contributed by atoms with van der Waals surface area (Å²) in [5.41, 5.74) is 6.59. The van der Waals surface area contributed by atoms with Crippen molar-refractivity contribution in [2.24, 2.45) is 5.92 Å². The Hall–Kier alpha value is -3.72. The highest BCUT2D eigenvalue weighted by atomic mass is 15.4. The monoisotopic (exact) mass is 366 g/mol. The van der Waals surface area contributed by atoms with Crippen molar-refractivity contribution in [1.82, 2.24) is 25.0 Å². The van der Waals surface area contributed by atoms with Crippen LogP contribution in [0.15, 0.2) is 61.2 Å². The summed E-state index contributed by atoms with van der Waals surface area (Å²) >= 11 is 0. The molecule has 28 heavy (non-hydrogen) atoms. The lowest BCUT2D eigenvalue weighted by Gasteiger charge is -2.20. The normalized spacial score (nSPS) is 16.7. The first-order valence-electron chi connectivity index (χ1n) is 9.36. The van der Waals surface area contributed by atoms with E-state index in [-0.39, 0.29) is 5.92 Å². The molecule has 0 aliphatic heterocycles. The van der Waals surface area contributed by atoms with Crippen molar-refractivity contribution in [1.29, 1.82) is 5.26 Å². The minimum atomic E-state index is 0.123. The summed E-state index contributed by atoms with van der Waals surface area (Å²) in [5.74, 6) is 0.123. The lowest BCUT2D eigenvalue weighted by Crippen LogP contribution is -2.04. The molecular weight excluding hydrogens is 348 g/mol. The number of allylic oxidation sites excluding steroid dienone is 2. The number of nitrogens with one attached hydrogen (secondary N) is 1. The molecule has 1 unspecified atom stereocenters. The lowest BCUT2D eigenvalue weighted by atomic mass is 9.84. The number of hydrogen-bond acceptors (Lipinski definition) is 4. The van der Waals surface area contributed by atoms with E-state index in [9.17, 15) is 5.26 Å². The van der Waals surface area contributed by atoms with Crippen LogP contribution in [0.25, 0.3) is 33.4 Å². The minimum Gasteiger partial charge on any atom is -0.346 e. The fourth-order valence-electron chi connectivity index (χ4n) is 3.89. The van der Waals surface area contributed by atoms with Gasteiger partial charge in [-0.1, -0.05) is 23.4 Å². The molecular formula is C22H18N6. The van der Waals surface area contributed by atoms with Gasteiger partial charge in [0.25, 0.3) is 0 Å².